The Hall–Kier alpha value is -3.01. The maximum absolute atomic E-state index is 12.9. The molecule has 32 heavy (non-hydrogen) atoms. The maximum Gasteiger partial charge on any atom is 0.451 e. The van der Waals surface area contributed by atoms with Crippen molar-refractivity contribution in [3.63, 3.8) is 0 Å². The van der Waals surface area contributed by atoms with Crippen LogP contribution in [0.2, 0.25) is 0 Å². The summed E-state index contributed by atoms with van der Waals surface area (Å²) in [5.41, 5.74) is 2.68. The summed E-state index contributed by atoms with van der Waals surface area (Å²) in [7, 11) is 0. The summed E-state index contributed by atoms with van der Waals surface area (Å²) in [6, 6.07) is 9.07. The van der Waals surface area contributed by atoms with Crippen LogP contribution in [-0.2, 0) is 6.18 Å². The van der Waals surface area contributed by atoms with Crippen molar-refractivity contribution in [3.8, 4) is 5.75 Å². The molecule has 1 aliphatic rings. The van der Waals surface area contributed by atoms with Gasteiger partial charge in [-0.15, -0.1) is 11.3 Å². The molecule has 168 valence electrons. The fourth-order valence-electron chi connectivity index (χ4n) is 3.61. The summed E-state index contributed by atoms with van der Waals surface area (Å²) in [6.45, 7) is 2.99. The standard InChI is InChI=1S/C22H21F3N4O2S/c1-14(10-18(30)19-11-26-13-32-19)15-2-4-16(5-3-15)31-17-7-9-29(12-17)20-6-8-27-21(28-20)22(23,24)25/h2-6,8,11,13-14,17H,7,9-10,12H2,1H3/t14-,17-/m1/s1. The molecule has 0 aliphatic carbocycles. The van der Waals surface area contributed by atoms with E-state index >= 15 is 0 Å². The monoisotopic (exact) mass is 462 g/mol. The highest BCUT2D eigenvalue weighted by Crippen LogP contribution is 2.29. The lowest BCUT2D eigenvalue weighted by atomic mass is 9.95. The number of anilines is 1. The molecule has 1 aromatic carbocycles. The third-order valence-corrected chi connectivity index (χ3v) is 6.13. The molecule has 4 rings (SSSR count). The van der Waals surface area contributed by atoms with Crippen LogP contribution < -0.4 is 9.64 Å². The number of benzene rings is 1. The predicted molar refractivity (Wildman–Crippen MR) is 114 cm³/mol. The van der Waals surface area contributed by atoms with Gasteiger partial charge in [-0.3, -0.25) is 9.78 Å². The fraction of sp³-hybridized carbons (Fsp3) is 0.364. The van der Waals surface area contributed by atoms with Crippen LogP contribution in [0.4, 0.5) is 19.0 Å². The second-order valence-corrected chi connectivity index (χ2v) is 8.56. The second-order valence-electron chi connectivity index (χ2n) is 7.67. The molecule has 3 heterocycles. The number of thiazole rings is 1. The number of Topliss-reactive ketones (excluding diaryl/α,β-unsaturated/α-hetero) is 1. The van der Waals surface area contributed by atoms with E-state index in [1.54, 1.807) is 16.6 Å². The Bertz CT molecular complexity index is 1060. The number of carbonyl (C=O) groups excluding carboxylic acids is 1. The number of aromatic nitrogens is 3. The van der Waals surface area contributed by atoms with Crippen LogP contribution in [0.15, 0.2) is 48.2 Å². The molecular weight excluding hydrogens is 441 g/mol. The number of alkyl halides is 3. The number of carbonyl (C=O) groups is 1. The molecule has 0 saturated carbocycles. The van der Waals surface area contributed by atoms with Gasteiger partial charge in [-0.25, -0.2) is 9.97 Å². The molecule has 0 bridgehead atoms. The summed E-state index contributed by atoms with van der Waals surface area (Å²) in [4.78, 5) is 25.6. The maximum atomic E-state index is 12.9. The topological polar surface area (TPSA) is 68.2 Å². The lowest BCUT2D eigenvalue weighted by Crippen LogP contribution is -2.26. The lowest BCUT2D eigenvalue weighted by molar-refractivity contribution is -0.144. The fourth-order valence-corrected chi connectivity index (χ4v) is 4.18. The summed E-state index contributed by atoms with van der Waals surface area (Å²) in [5, 5.41) is 0. The number of hydrogen-bond acceptors (Lipinski definition) is 7. The molecule has 3 aromatic rings. The number of ether oxygens (including phenoxy) is 1. The van der Waals surface area contributed by atoms with Crippen molar-refractivity contribution in [3.05, 3.63) is 64.5 Å². The Kier molecular flexibility index (Phi) is 6.40. The van der Waals surface area contributed by atoms with Crippen LogP contribution in [0.3, 0.4) is 0 Å². The Balaban J connectivity index is 1.33. The smallest absolute Gasteiger partial charge is 0.451 e. The highest BCUT2D eigenvalue weighted by molar-refractivity contribution is 7.11. The quantitative estimate of drug-likeness (QED) is 0.461. The van der Waals surface area contributed by atoms with Gasteiger partial charge >= 0.3 is 6.18 Å². The average Bonchev–Trinajstić information content (AvgIpc) is 3.46. The second kappa shape index (κ2) is 9.23. The van der Waals surface area contributed by atoms with Gasteiger partial charge < -0.3 is 9.64 Å². The minimum atomic E-state index is -4.57. The molecule has 6 nitrogen and oxygen atoms in total. The van der Waals surface area contributed by atoms with Crippen molar-refractivity contribution in [1.82, 2.24) is 15.0 Å². The summed E-state index contributed by atoms with van der Waals surface area (Å²) >= 11 is 1.34. The highest BCUT2D eigenvalue weighted by atomic mass is 32.1. The first-order chi connectivity index (χ1) is 15.3. The first-order valence-corrected chi connectivity index (χ1v) is 11.0. The van der Waals surface area contributed by atoms with Gasteiger partial charge in [0.15, 0.2) is 5.78 Å². The Morgan fingerprint density at radius 3 is 2.75 bits per heavy atom. The first kappa shape index (κ1) is 22.2. The molecule has 1 fully saturated rings. The van der Waals surface area contributed by atoms with Gasteiger partial charge in [-0.1, -0.05) is 19.1 Å². The molecule has 2 aromatic heterocycles. The van der Waals surface area contributed by atoms with Crippen LogP contribution in [-0.4, -0.2) is 39.9 Å². The van der Waals surface area contributed by atoms with Crippen molar-refractivity contribution in [2.75, 3.05) is 18.0 Å². The van der Waals surface area contributed by atoms with Crippen molar-refractivity contribution in [1.29, 1.82) is 0 Å². The van der Waals surface area contributed by atoms with Gasteiger partial charge in [-0.2, -0.15) is 13.2 Å². The van der Waals surface area contributed by atoms with Gasteiger partial charge in [0, 0.05) is 31.8 Å². The van der Waals surface area contributed by atoms with E-state index in [4.69, 9.17) is 4.74 Å². The van der Waals surface area contributed by atoms with Crippen molar-refractivity contribution in [2.45, 2.75) is 38.0 Å². The van der Waals surface area contributed by atoms with Crippen LogP contribution in [0.25, 0.3) is 0 Å². The average molecular weight is 462 g/mol. The zero-order valence-electron chi connectivity index (χ0n) is 17.2. The molecule has 0 unspecified atom stereocenters. The van der Waals surface area contributed by atoms with E-state index in [-0.39, 0.29) is 23.6 Å². The van der Waals surface area contributed by atoms with Gasteiger partial charge in [0.2, 0.25) is 5.82 Å². The summed E-state index contributed by atoms with van der Waals surface area (Å²) in [6.07, 6.45) is -0.941. The van der Waals surface area contributed by atoms with Crippen molar-refractivity contribution in [2.24, 2.45) is 0 Å². The van der Waals surface area contributed by atoms with Crippen LogP contribution >= 0.6 is 11.3 Å². The van der Waals surface area contributed by atoms with E-state index in [0.29, 0.717) is 36.6 Å². The zero-order valence-corrected chi connectivity index (χ0v) is 18.1. The zero-order chi connectivity index (χ0) is 22.7. The van der Waals surface area contributed by atoms with Gasteiger partial charge in [0.05, 0.1) is 16.9 Å². The van der Waals surface area contributed by atoms with E-state index in [9.17, 15) is 18.0 Å². The molecular formula is C22H21F3N4O2S. The Labute approximate surface area is 187 Å². The molecule has 2 atom stereocenters. The molecule has 0 amide bonds. The molecule has 1 saturated heterocycles. The van der Waals surface area contributed by atoms with E-state index in [1.165, 1.54) is 17.4 Å². The number of rotatable bonds is 7. The van der Waals surface area contributed by atoms with Crippen LogP contribution in [0, 0.1) is 0 Å². The van der Waals surface area contributed by atoms with Crippen LogP contribution in [0.5, 0.6) is 5.75 Å². The van der Waals surface area contributed by atoms with E-state index in [1.807, 2.05) is 31.2 Å². The SMILES string of the molecule is C[C@H](CC(=O)c1cncs1)c1ccc(O[C@@H]2CCN(c3ccnc(C(F)(F)F)n3)C2)cc1. The number of hydrogen-bond donors (Lipinski definition) is 0. The largest absolute Gasteiger partial charge is 0.489 e. The molecule has 0 radical (unpaired) electrons. The third-order valence-electron chi connectivity index (χ3n) is 5.31. The predicted octanol–water partition coefficient (Wildman–Crippen LogP) is 4.99. The Morgan fingerprint density at radius 2 is 2.06 bits per heavy atom. The Morgan fingerprint density at radius 1 is 1.28 bits per heavy atom. The normalized spacial score (nSPS) is 17.4. The van der Waals surface area contributed by atoms with E-state index in [0.717, 1.165) is 11.8 Å². The minimum absolute atomic E-state index is 0.0567. The van der Waals surface area contributed by atoms with Crippen molar-refractivity contribution < 1.29 is 22.7 Å². The molecule has 0 N–H and O–H groups in total. The van der Waals surface area contributed by atoms with E-state index < -0.39 is 12.0 Å². The van der Waals surface area contributed by atoms with Gasteiger partial charge in [0.25, 0.3) is 0 Å². The summed E-state index contributed by atoms with van der Waals surface area (Å²) in [5.74, 6) is -0.0858. The molecule has 0 spiro atoms. The molecule has 10 heteroatoms. The third kappa shape index (κ3) is 5.24. The summed E-state index contributed by atoms with van der Waals surface area (Å²) < 4.78 is 44.6. The minimum Gasteiger partial charge on any atom is -0.489 e. The number of ketones is 1. The lowest BCUT2D eigenvalue weighted by Gasteiger charge is -2.19. The highest BCUT2D eigenvalue weighted by Gasteiger charge is 2.35. The van der Waals surface area contributed by atoms with Crippen molar-refractivity contribution >= 4 is 22.9 Å². The molecule has 1 aliphatic heterocycles. The van der Waals surface area contributed by atoms with Gasteiger partial charge in [-0.05, 0) is 29.7 Å². The van der Waals surface area contributed by atoms with Gasteiger partial charge in [0.1, 0.15) is 17.7 Å². The number of nitrogens with zero attached hydrogens (tertiary/aromatic N) is 4. The first-order valence-electron chi connectivity index (χ1n) is 10.1. The van der Waals surface area contributed by atoms with Crippen LogP contribution in [0.1, 0.15) is 46.7 Å². The van der Waals surface area contributed by atoms with E-state index in [2.05, 4.69) is 15.0 Å². The number of halogens is 3.